The molecule has 1 atom stereocenters. The van der Waals surface area contributed by atoms with Gasteiger partial charge in [0.05, 0.1) is 0 Å². The minimum absolute atomic E-state index is 0.357. The van der Waals surface area contributed by atoms with Gasteiger partial charge in [-0.05, 0) is 35.4 Å². The van der Waals surface area contributed by atoms with E-state index in [1.165, 1.54) is 31.2 Å². The van der Waals surface area contributed by atoms with Crippen LogP contribution in [0.4, 0.5) is 4.39 Å². The van der Waals surface area contributed by atoms with Gasteiger partial charge in [0.2, 0.25) is 0 Å². The summed E-state index contributed by atoms with van der Waals surface area (Å²) in [7, 11) is 0. The smallest absolute Gasteiger partial charge is 0.308 e. The quantitative estimate of drug-likeness (QED) is 0.682. The summed E-state index contributed by atoms with van der Waals surface area (Å²) in [5, 5.41) is 10.2. The summed E-state index contributed by atoms with van der Waals surface area (Å²) in [4.78, 5) is 10.9. The van der Waals surface area contributed by atoms with Gasteiger partial charge >= 0.3 is 5.97 Å². The normalized spacial score (nSPS) is 11.9. The van der Waals surface area contributed by atoms with Gasteiger partial charge in [-0.25, -0.2) is 4.39 Å². The SMILES string of the molecule is CC(=O)Oc1cccc([C@@H](O)c2ccc(F)cc2)c1. The Hall–Kier alpha value is -2.20. The summed E-state index contributed by atoms with van der Waals surface area (Å²) in [6.45, 7) is 1.31. The maximum atomic E-state index is 12.8. The van der Waals surface area contributed by atoms with Gasteiger partial charge in [-0.15, -0.1) is 0 Å². The molecule has 0 saturated carbocycles. The van der Waals surface area contributed by atoms with Crippen LogP contribution < -0.4 is 4.74 Å². The molecule has 0 saturated heterocycles. The fourth-order valence-corrected chi connectivity index (χ4v) is 1.75. The lowest BCUT2D eigenvalue weighted by atomic mass is 10.0. The van der Waals surface area contributed by atoms with Gasteiger partial charge < -0.3 is 9.84 Å². The van der Waals surface area contributed by atoms with Crippen LogP contribution >= 0.6 is 0 Å². The van der Waals surface area contributed by atoms with Crippen LogP contribution in [0.1, 0.15) is 24.2 Å². The molecule has 0 aliphatic heterocycles. The van der Waals surface area contributed by atoms with Crippen LogP contribution in [-0.4, -0.2) is 11.1 Å². The Balaban J connectivity index is 2.25. The van der Waals surface area contributed by atoms with Crippen LogP contribution in [0.2, 0.25) is 0 Å². The lowest BCUT2D eigenvalue weighted by Gasteiger charge is -2.12. The highest BCUT2D eigenvalue weighted by Crippen LogP contribution is 2.25. The highest BCUT2D eigenvalue weighted by atomic mass is 19.1. The fourth-order valence-electron chi connectivity index (χ4n) is 1.75. The van der Waals surface area contributed by atoms with E-state index in [0.29, 0.717) is 16.9 Å². The molecule has 0 aliphatic rings. The van der Waals surface area contributed by atoms with Crippen molar-refractivity contribution in [3.05, 3.63) is 65.5 Å². The van der Waals surface area contributed by atoms with E-state index in [0.717, 1.165) is 0 Å². The Kier molecular flexibility index (Phi) is 3.92. The number of rotatable bonds is 3. The molecule has 3 nitrogen and oxygen atoms in total. The van der Waals surface area contributed by atoms with E-state index in [1.54, 1.807) is 24.3 Å². The number of aliphatic hydroxyl groups excluding tert-OH is 1. The number of carbonyl (C=O) groups is 1. The van der Waals surface area contributed by atoms with Crippen molar-refractivity contribution in [1.82, 2.24) is 0 Å². The molecule has 0 aromatic heterocycles. The summed E-state index contributed by atoms with van der Waals surface area (Å²) >= 11 is 0. The molecule has 4 heteroatoms. The van der Waals surface area contributed by atoms with Crippen molar-refractivity contribution in [3.63, 3.8) is 0 Å². The lowest BCUT2D eigenvalue weighted by Crippen LogP contribution is -2.03. The highest BCUT2D eigenvalue weighted by molar-refractivity contribution is 5.69. The van der Waals surface area contributed by atoms with Crippen LogP contribution in [0.15, 0.2) is 48.5 Å². The zero-order chi connectivity index (χ0) is 13.8. The molecule has 0 unspecified atom stereocenters. The second kappa shape index (κ2) is 5.63. The molecule has 2 aromatic rings. The molecular formula is C15H13FO3. The molecule has 0 bridgehead atoms. The van der Waals surface area contributed by atoms with Gasteiger partial charge in [-0.1, -0.05) is 24.3 Å². The highest BCUT2D eigenvalue weighted by Gasteiger charge is 2.11. The number of hydrogen-bond acceptors (Lipinski definition) is 3. The van der Waals surface area contributed by atoms with Crippen LogP contribution in [-0.2, 0) is 4.79 Å². The molecule has 0 heterocycles. The number of halogens is 1. The van der Waals surface area contributed by atoms with E-state index in [1.807, 2.05) is 0 Å². The molecule has 0 amide bonds. The molecule has 0 spiro atoms. The minimum atomic E-state index is -0.892. The minimum Gasteiger partial charge on any atom is -0.427 e. The molecule has 2 aromatic carbocycles. The molecule has 0 radical (unpaired) electrons. The topological polar surface area (TPSA) is 46.5 Å². The zero-order valence-corrected chi connectivity index (χ0v) is 10.3. The van der Waals surface area contributed by atoms with Crippen LogP contribution in [0.5, 0.6) is 5.75 Å². The van der Waals surface area contributed by atoms with Crippen LogP contribution in [0.25, 0.3) is 0 Å². The average molecular weight is 260 g/mol. The predicted octanol–water partition coefficient (Wildman–Crippen LogP) is 2.83. The monoisotopic (exact) mass is 260 g/mol. The van der Waals surface area contributed by atoms with Crippen molar-refractivity contribution in [1.29, 1.82) is 0 Å². The lowest BCUT2D eigenvalue weighted by molar-refractivity contribution is -0.131. The van der Waals surface area contributed by atoms with Gasteiger partial charge in [-0.2, -0.15) is 0 Å². The van der Waals surface area contributed by atoms with Gasteiger partial charge in [0.15, 0.2) is 0 Å². The van der Waals surface area contributed by atoms with Crippen molar-refractivity contribution < 1.29 is 19.0 Å². The Labute approximate surface area is 110 Å². The largest absolute Gasteiger partial charge is 0.427 e. The molecular weight excluding hydrogens is 247 g/mol. The molecule has 1 N–H and O–H groups in total. The van der Waals surface area contributed by atoms with Gasteiger partial charge in [0, 0.05) is 6.92 Å². The number of carbonyl (C=O) groups excluding carboxylic acids is 1. The molecule has 0 aliphatic carbocycles. The Bertz CT molecular complexity index is 578. The van der Waals surface area contributed by atoms with E-state index in [4.69, 9.17) is 4.74 Å². The first-order valence-electron chi connectivity index (χ1n) is 5.78. The Morgan fingerprint density at radius 3 is 2.47 bits per heavy atom. The number of hydrogen-bond donors (Lipinski definition) is 1. The first kappa shape index (κ1) is 13.2. The fraction of sp³-hybridized carbons (Fsp3) is 0.133. The van der Waals surface area contributed by atoms with Crippen molar-refractivity contribution >= 4 is 5.97 Å². The maximum Gasteiger partial charge on any atom is 0.308 e. The standard InChI is InChI=1S/C15H13FO3/c1-10(17)19-14-4-2-3-12(9-14)15(18)11-5-7-13(16)8-6-11/h2-9,15,18H,1H3/t15-/m0/s1. The van der Waals surface area contributed by atoms with Gasteiger partial charge in [0.25, 0.3) is 0 Å². The van der Waals surface area contributed by atoms with E-state index in [2.05, 4.69) is 0 Å². The summed E-state index contributed by atoms with van der Waals surface area (Å²) in [5.74, 6) is -0.413. The Morgan fingerprint density at radius 1 is 1.16 bits per heavy atom. The van der Waals surface area contributed by atoms with Crippen molar-refractivity contribution in [2.45, 2.75) is 13.0 Å². The third kappa shape index (κ3) is 3.39. The van der Waals surface area contributed by atoms with E-state index < -0.39 is 12.1 Å². The molecule has 2 rings (SSSR count). The van der Waals surface area contributed by atoms with Crippen molar-refractivity contribution in [3.8, 4) is 5.75 Å². The summed E-state index contributed by atoms with van der Waals surface area (Å²) in [5.41, 5.74) is 1.15. The maximum absolute atomic E-state index is 12.8. The third-order valence-electron chi connectivity index (χ3n) is 2.62. The molecule has 19 heavy (non-hydrogen) atoms. The number of ether oxygens (including phenoxy) is 1. The summed E-state index contributed by atoms with van der Waals surface area (Å²) < 4.78 is 17.8. The van der Waals surface area contributed by atoms with Crippen LogP contribution in [0.3, 0.4) is 0 Å². The first-order chi connectivity index (χ1) is 9.06. The van der Waals surface area contributed by atoms with E-state index in [9.17, 15) is 14.3 Å². The Morgan fingerprint density at radius 2 is 1.84 bits per heavy atom. The average Bonchev–Trinajstić information content (AvgIpc) is 2.38. The number of aliphatic hydroxyl groups is 1. The number of esters is 1. The van der Waals surface area contributed by atoms with E-state index >= 15 is 0 Å². The first-order valence-corrected chi connectivity index (χ1v) is 5.78. The van der Waals surface area contributed by atoms with Crippen molar-refractivity contribution in [2.75, 3.05) is 0 Å². The third-order valence-corrected chi connectivity index (χ3v) is 2.62. The van der Waals surface area contributed by atoms with E-state index in [-0.39, 0.29) is 5.82 Å². The van der Waals surface area contributed by atoms with Gasteiger partial charge in [0.1, 0.15) is 17.7 Å². The second-order valence-corrected chi connectivity index (χ2v) is 4.12. The molecule has 98 valence electrons. The van der Waals surface area contributed by atoms with Crippen molar-refractivity contribution in [2.24, 2.45) is 0 Å². The predicted molar refractivity (Wildman–Crippen MR) is 68.2 cm³/mol. The van der Waals surface area contributed by atoms with Crippen LogP contribution in [0, 0.1) is 5.82 Å². The number of benzene rings is 2. The summed E-state index contributed by atoms with van der Waals surface area (Å²) in [6, 6.07) is 12.2. The zero-order valence-electron chi connectivity index (χ0n) is 10.3. The van der Waals surface area contributed by atoms with Gasteiger partial charge in [-0.3, -0.25) is 4.79 Å². The second-order valence-electron chi connectivity index (χ2n) is 4.12. The summed E-state index contributed by atoms with van der Waals surface area (Å²) in [6.07, 6.45) is -0.892. The molecule has 0 fully saturated rings.